The first kappa shape index (κ1) is 15.6. The van der Waals surface area contributed by atoms with Crippen molar-refractivity contribution in [2.24, 2.45) is 0 Å². The first-order valence-corrected chi connectivity index (χ1v) is 7.61. The average molecular weight is 287 g/mol. The zero-order chi connectivity index (χ0) is 15.2. The Labute approximate surface area is 127 Å². The number of rotatable bonds is 7. The quantitative estimate of drug-likeness (QED) is 0.850. The fourth-order valence-corrected chi connectivity index (χ4v) is 2.45. The molecule has 0 saturated heterocycles. The maximum atomic E-state index is 6.11. The molecule has 114 valence electrons. The normalized spacial score (nSPS) is 10.9. The highest BCUT2D eigenvalue weighted by atomic mass is 16.5. The molecule has 2 rings (SSSR count). The predicted octanol–water partition coefficient (Wildman–Crippen LogP) is 3.21. The van der Waals surface area contributed by atoms with E-state index in [0.29, 0.717) is 6.61 Å². The molecule has 0 aliphatic heterocycles. The molecule has 2 aromatic rings. The summed E-state index contributed by atoms with van der Waals surface area (Å²) in [4.78, 5) is 0. The second kappa shape index (κ2) is 7.27. The third-order valence-corrected chi connectivity index (χ3v) is 3.51. The van der Waals surface area contributed by atoms with E-state index in [1.807, 2.05) is 11.6 Å². The molecule has 1 aromatic carbocycles. The van der Waals surface area contributed by atoms with Gasteiger partial charge in [-0.15, -0.1) is 0 Å². The molecule has 0 spiro atoms. The molecule has 1 heterocycles. The number of nitrogens with one attached hydrogen (secondary N) is 1. The Morgan fingerprint density at radius 2 is 2.05 bits per heavy atom. The molecule has 21 heavy (non-hydrogen) atoms. The van der Waals surface area contributed by atoms with Gasteiger partial charge < -0.3 is 10.1 Å². The smallest absolute Gasteiger partial charge is 0.130 e. The van der Waals surface area contributed by atoms with E-state index in [1.54, 1.807) is 0 Å². The zero-order valence-electron chi connectivity index (χ0n) is 13.4. The molecule has 0 fully saturated rings. The van der Waals surface area contributed by atoms with E-state index >= 15 is 0 Å². The average Bonchev–Trinajstić information content (AvgIpc) is 2.84. The van der Waals surface area contributed by atoms with Crippen molar-refractivity contribution in [1.29, 1.82) is 0 Å². The number of hydrogen-bond acceptors (Lipinski definition) is 3. The SMILES string of the molecule is CCNCc1cccc(C)c1OCc1cc(C)nn1CC. The van der Waals surface area contributed by atoms with Crippen LogP contribution >= 0.6 is 0 Å². The highest BCUT2D eigenvalue weighted by Gasteiger charge is 2.09. The number of ether oxygens (including phenoxy) is 1. The minimum atomic E-state index is 0.554. The molecule has 0 amide bonds. The van der Waals surface area contributed by atoms with E-state index in [-0.39, 0.29) is 0 Å². The maximum absolute atomic E-state index is 6.11. The van der Waals surface area contributed by atoms with Crippen molar-refractivity contribution < 1.29 is 4.74 Å². The molecule has 4 heteroatoms. The molecule has 4 nitrogen and oxygen atoms in total. The molecule has 1 N–H and O–H groups in total. The van der Waals surface area contributed by atoms with Crippen LogP contribution in [0.25, 0.3) is 0 Å². The summed E-state index contributed by atoms with van der Waals surface area (Å²) in [5.41, 5.74) is 4.53. The number of nitrogens with zero attached hydrogens (tertiary/aromatic N) is 2. The van der Waals surface area contributed by atoms with E-state index < -0.39 is 0 Å². The first-order valence-electron chi connectivity index (χ1n) is 7.61. The van der Waals surface area contributed by atoms with Gasteiger partial charge in [0.2, 0.25) is 0 Å². The van der Waals surface area contributed by atoms with Gasteiger partial charge >= 0.3 is 0 Å². The van der Waals surface area contributed by atoms with Crippen molar-refractivity contribution in [1.82, 2.24) is 15.1 Å². The summed E-state index contributed by atoms with van der Waals surface area (Å²) in [7, 11) is 0. The van der Waals surface area contributed by atoms with Crippen molar-refractivity contribution in [3.63, 3.8) is 0 Å². The minimum absolute atomic E-state index is 0.554. The van der Waals surface area contributed by atoms with Gasteiger partial charge in [0.15, 0.2) is 0 Å². The predicted molar refractivity (Wildman–Crippen MR) is 85.5 cm³/mol. The van der Waals surface area contributed by atoms with Crippen LogP contribution in [0.3, 0.4) is 0 Å². The summed E-state index contributed by atoms with van der Waals surface area (Å²) in [6.45, 7) is 11.5. The van der Waals surface area contributed by atoms with Crippen molar-refractivity contribution in [2.45, 2.75) is 47.4 Å². The Balaban J connectivity index is 2.15. The van der Waals surface area contributed by atoms with Crippen LogP contribution < -0.4 is 10.1 Å². The summed E-state index contributed by atoms with van der Waals surface area (Å²) in [5, 5.41) is 7.82. The molecule has 0 unspecified atom stereocenters. The highest BCUT2D eigenvalue weighted by Crippen LogP contribution is 2.24. The second-order valence-corrected chi connectivity index (χ2v) is 5.22. The standard InChI is InChI=1S/C17H25N3O/c1-5-18-11-15-9-7-8-13(3)17(15)21-12-16-10-14(4)19-20(16)6-2/h7-10,18H,5-6,11-12H2,1-4H3. The molecular weight excluding hydrogens is 262 g/mol. The van der Waals surface area contributed by atoms with Gasteiger partial charge in [0.25, 0.3) is 0 Å². The Bertz CT molecular complexity index is 590. The topological polar surface area (TPSA) is 39.1 Å². The Hall–Kier alpha value is -1.81. The number of hydrogen-bond donors (Lipinski definition) is 1. The van der Waals surface area contributed by atoms with E-state index in [2.05, 4.69) is 55.5 Å². The van der Waals surface area contributed by atoms with Gasteiger partial charge in [-0.2, -0.15) is 5.10 Å². The zero-order valence-corrected chi connectivity index (χ0v) is 13.4. The summed E-state index contributed by atoms with van der Waals surface area (Å²) in [6.07, 6.45) is 0. The lowest BCUT2D eigenvalue weighted by Gasteiger charge is -2.15. The number of aryl methyl sites for hydroxylation is 3. The van der Waals surface area contributed by atoms with Gasteiger partial charge in [0.1, 0.15) is 12.4 Å². The van der Waals surface area contributed by atoms with Gasteiger partial charge in [-0.1, -0.05) is 25.1 Å². The number of benzene rings is 1. The molecule has 0 radical (unpaired) electrons. The molecular formula is C17H25N3O. The van der Waals surface area contributed by atoms with Gasteiger partial charge in [0.05, 0.1) is 11.4 Å². The van der Waals surface area contributed by atoms with Gasteiger partial charge in [-0.25, -0.2) is 0 Å². The monoisotopic (exact) mass is 287 g/mol. The van der Waals surface area contributed by atoms with Gasteiger partial charge in [-0.05, 0) is 38.9 Å². The summed E-state index contributed by atoms with van der Waals surface area (Å²) in [5.74, 6) is 0.986. The van der Waals surface area contributed by atoms with Crippen molar-refractivity contribution in [3.05, 3.63) is 46.8 Å². The van der Waals surface area contributed by atoms with Crippen molar-refractivity contribution in [2.75, 3.05) is 6.54 Å². The molecule has 1 aromatic heterocycles. The Kier molecular flexibility index (Phi) is 5.39. The largest absolute Gasteiger partial charge is 0.487 e. The number of para-hydroxylation sites is 1. The molecule has 0 aliphatic carbocycles. The van der Waals surface area contributed by atoms with Crippen LogP contribution in [0.15, 0.2) is 24.3 Å². The lowest BCUT2D eigenvalue weighted by molar-refractivity contribution is 0.287. The fourth-order valence-electron chi connectivity index (χ4n) is 2.45. The van der Waals surface area contributed by atoms with Gasteiger partial charge in [-0.3, -0.25) is 4.68 Å². The van der Waals surface area contributed by atoms with Crippen molar-refractivity contribution >= 4 is 0 Å². The molecule has 0 atom stereocenters. The molecule has 0 aliphatic rings. The van der Waals surface area contributed by atoms with Gasteiger partial charge in [0, 0.05) is 18.7 Å². The van der Waals surface area contributed by atoms with E-state index in [1.165, 1.54) is 11.1 Å². The maximum Gasteiger partial charge on any atom is 0.130 e. The van der Waals surface area contributed by atoms with Crippen LogP contribution in [-0.2, 0) is 19.7 Å². The van der Waals surface area contributed by atoms with Crippen LogP contribution in [0.4, 0.5) is 0 Å². The molecule has 0 bridgehead atoms. The van der Waals surface area contributed by atoms with E-state index in [0.717, 1.165) is 36.8 Å². The third kappa shape index (κ3) is 3.85. The summed E-state index contributed by atoms with van der Waals surface area (Å²) in [6, 6.07) is 8.38. The highest BCUT2D eigenvalue weighted by molar-refractivity contribution is 5.40. The van der Waals surface area contributed by atoms with Crippen LogP contribution in [0.1, 0.15) is 36.4 Å². The first-order chi connectivity index (χ1) is 10.2. The lowest BCUT2D eigenvalue weighted by Crippen LogP contribution is -2.14. The Morgan fingerprint density at radius 3 is 2.76 bits per heavy atom. The van der Waals surface area contributed by atoms with Crippen LogP contribution in [-0.4, -0.2) is 16.3 Å². The third-order valence-electron chi connectivity index (χ3n) is 3.51. The fraction of sp³-hybridized carbons (Fsp3) is 0.471. The summed E-state index contributed by atoms with van der Waals surface area (Å²) >= 11 is 0. The van der Waals surface area contributed by atoms with E-state index in [9.17, 15) is 0 Å². The summed E-state index contributed by atoms with van der Waals surface area (Å²) < 4.78 is 8.10. The lowest BCUT2D eigenvalue weighted by atomic mass is 10.1. The second-order valence-electron chi connectivity index (χ2n) is 5.22. The number of aromatic nitrogens is 2. The van der Waals surface area contributed by atoms with Crippen LogP contribution in [0, 0.1) is 13.8 Å². The van der Waals surface area contributed by atoms with Crippen LogP contribution in [0.2, 0.25) is 0 Å². The molecule has 0 saturated carbocycles. The van der Waals surface area contributed by atoms with Crippen LogP contribution in [0.5, 0.6) is 5.75 Å². The Morgan fingerprint density at radius 1 is 1.24 bits per heavy atom. The van der Waals surface area contributed by atoms with Crippen molar-refractivity contribution in [3.8, 4) is 5.75 Å². The van der Waals surface area contributed by atoms with E-state index in [4.69, 9.17) is 4.74 Å². The minimum Gasteiger partial charge on any atom is -0.487 e.